The number of hydrogen-bond donors (Lipinski definition) is 11. The van der Waals surface area contributed by atoms with E-state index in [2.05, 4.69) is 95.8 Å². The van der Waals surface area contributed by atoms with E-state index >= 15 is 0 Å². The number of hydrogen-bond acceptors (Lipinski definition) is 19. The van der Waals surface area contributed by atoms with Gasteiger partial charge in [-0.15, -0.1) is 0 Å². The van der Waals surface area contributed by atoms with Crippen LogP contribution in [0.1, 0.15) is 55.7 Å². The van der Waals surface area contributed by atoms with Crippen LogP contribution in [0.4, 0.5) is 28.4 Å². The van der Waals surface area contributed by atoms with Crippen LogP contribution in [0, 0.1) is 5.92 Å². The molecule has 2 atom stereocenters. The molecule has 1 aliphatic carbocycles. The van der Waals surface area contributed by atoms with Crippen molar-refractivity contribution in [2.24, 2.45) is 5.92 Å². The number of benzene rings is 12. The fourth-order valence-electron chi connectivity index (χ4n) is 17.0. The molecule has 1 aliphatic rings. The van der Waals surface area contributed by atoms with Crippen molar-refractivity contribution in [2.45, 2.75) is 31.8 Å². The van der Waals surface area contributed by atoms with Crippen molar-refractivity contribution in [1.29, 1.82) is 0 Å². The lowest BCUT2D eigenvalue weighted by Crippen LogP contribution is -2.28. The Bertz CT molecular complexity index is 8470. The third-order valence-electron chi connectivity index (χ3n) is 24.0. The van der Waals surface area contributed by atoms with Crippen LogP contribution in [-0.2, 0) is 33.6 Å². The molecule has 25 aromatic rings. The molecule has 0 spiro atoms. The Labute approximate surface area is 791 Å². The Hall–Kier alpha value is -18.7. The van der Waals surface area contributed by atoms with Crippen molar-refractivity contribution >= 4 is 179 Å². The monoisotopic (exact) mass is 1850 g/mol. The SMILES string of the molecule is O=C(Cc1ccsc1)Nc1ccc2[nH]nc(-c3cc4ccccc4o3)c2c1.O=C(Nc1ccc2[nH]nc(-c3cc4ccccc4o3)c2c1)C(O)c1ccccc1.O=C(Nc1ccc2[nH]nc(-c3cc4ccccc4o3)c2c1)C1CCc2ccccc2C1.O=C(Nc1ccc2[nH]nc(-c3cc4ccccc4o3)c2c1)c1ccco1.O=C(Nc1ccc2[nH]nc(-c3cc4ccccc4o3)c2c1)c1ccoc1. The number of rotatable bonds is 17. The summed E-state index contributed by atoms with van der Waals surface area (Å²) >= 11 is 1.59. The van der Waals surface area contributed by atoms with E-state index in [1.165, 1.54) is 29.9 Å². The highest BCUT2D eigenvalue weighted by atomic mass is 32.1. The van der Waals surface area contributed by atoms with E-state index in [1.54, 1.807) is 59.9 Å². The van der Waals surface area contributed by atoms with E-state index in [9.17, 15) is 29.1 Å². The zero-order valence-electron chi connectivity index (χ0n) is 73.5. The van der Waals surface area contributed by atoms with Gasteiger partial charge in [0.25, 0.3) is 17.7 Å². The summed E-state index contributed by atoms with van der Waals surface area (Å²) in [5, 5.41) is 75.4. The lowest BCUT2D eigenvalue weighted by atomic mass is 9.83. The zero-order chi connectivity index (χ0) is 93.8. The highest BCUT2D eigenvalue weighted by molar-refractivity contribution is 7.08. The van der Waals surface area contributed by atoms with Gasteiger partial charge in [0.2, 0.25) is 11.8 Å². The van der Waals surface area contributed by atoms with Crippen molar-refractivity contribution in [2.75, 3.05) is 26.6 Å². The number of amides is 5. The van der Waals surface area contributed by atoms with Crippen molar-refractivity contribution < 1.29 is 60.0 Å². The molecule has 0 fully saturated rings. The molecule has 0 saturated carbocycles. The summed E-state index contributed by atoms with van der Waals surface area (Å²) < 4.78 is 39.8. The molecule has 26 rings (SSSR count). The predicted octanol–water partition coefficient (Wildman–Crippen LogP) is 25.2. The normalized spacial score (nSPS) is 12.5. The number of para-hydroxylation sites is 5. The highest BCUT2D eigenvalue weighted by Gasteiger charge is 2.27. The maximum Gasteiger partial charge on any atom is 0.291 e. The van der Waals surface area contributed by atoms with Gasteiger partial charge in [0.15, 0.2) is 40.7 Å². The van der Waals surface area contributed by atoms with Gasteiger partial charge >= 0.3 is 0 Å². The summed E-state index contributed by atoms with van der Waals surface area (Å²) in [6, 6.07) is 101. The maximum atomic E-state index is 13.0. The number of aliphatic hydroxyl groups is 1. The van der Waals surface area contributed by atoms with Gasteiger partial charge in [-0.25, -0.2) is 0 Å². The van der Waals surface area contributed by atoms with Crippen LogP contribution in [0.5, 0.6) is 0 Å². The molecule has 678 valence electrons. The first-order chi connectivity index (χ1) is 68.2. The van der Waals surface area contributed by atoms with Crippen LogP contribution < -0.4 is 26.6 Å². The molecule has 28 nitrogen and oxygen atoms in total. The number of aryl methyl sites for hydroxylation is 1. The van der Waals surface area contributed by atoms with Crippen LogP contribution in [-0.4, -0.2) is 85.6 Å². The highest BCUT2D eigenvalue weighted by Crippen LogP contribution is 2.41. The molecule has 139 heavy (non-hydrogen) atoms. The van der Waals surface area contributed by atoms with Crippen LogP contribution in [0.3, 0.4) is 0 Å². The van der Waals surface area contributed by atoms with Crippen molar-refractivity contribution in [3.8, 4) is 57.3 Å². The quantitative estimate of drug-likeness (QED) is 0.0403. The fourth-order valence-corrected chi connectivity index (χ4v) is 17.7. The second kappa shape index (κ2) is 37.7. The molecule has 5 amide bonds. The Balaban J connectivity index is 0.000000100. The van der Waals surface area contributed by atoms with E-state index in [0.29, 0.717) is 80.5 Å². The van der Waals surface area contributed by atoms with Gasteiger partial charge in [0, 0.05) is 88.2 Å². The standard InChI is InChI=1S/C26H21N3O2.C23H17N3O3.C21H15N3O2S.2C20H13N3O3/c30-26(19-10-9-16-5-1-2-6-17(16)13-19)27-20-11-12-22-21(15-20)25(29-28-22)24-14-18-7-3-4-8-23(18)31-24;27-22(14-6-2-1-3-7-14)23(28)24-16-10-11-18-17(13-16)21(26-25-18)20-12-15-8-4-5-9-19(15)29-20;25-20(9-13-7-8-27-12-13)22-15-5-6-17-16(11-15)21(24-23-17)19-10-14-3-1-2-4-18(14)26-19;24-20(17-6-3-9-25-17)21-13-7-8-15-14(11-13)19(23-22-15)18-10-12-4-1-2-5-16(12)26-18;24-20(13-7-8-25-11-13)21-14-5-6-16-15(10-14)19(23-22-16)18-9-12-3-1-2-4-17(12)26-18/h1-8,11-12,14-15,19H,9-10,13H2,(H,27,30)(H,28,29);1-13,22,27H,(H,24,28)(H,25,26);1-8,10-12H,9H2,(H,22,25)(H,23,24);2*1-11H,(H,21,24)(H,22,23). The first-order valence-electron chi connectivity index (χ1n) is 44.5. The number of thiophene rings is 1. The molecule has 12 aromatic carbocycles. The summed E-state index contributed by atoms with van der Waals surface area (Å²) in [6.07, 6.45) is 6.08. The minimum absolute atomic E-state index is 0.00945. The maximum absolute atomic E-state index is 13.0. The predicted molar refractivity (Wildman–Crippen MR) is 537 cm³/mol. The van der Waals surface area contributed by atoms with Crippen molar-refractivity contribution in [3.05, 3.63) is 385 Å². The first kappa shape index (κ1) is 85.7. The Morgan fingerprint density at radius 1 is 0.374 bits per heavy atom. The molecular formula is C110H79N15O13S. The Kier molecular flexibility index (Phi) is 23.3. The van der Waals surface area contributed by atoms with Crippen LogP contribution in [0.15, 0.2) is 382 Å². The largest absolute Gasteiger partial charge is 0.472 e. The Morgan fingerprint density at radius 2 is 0.755 bits per heavy atom. The fraction of sp³-hybridized carbons (Fsp3) is 0.0545. The summed E-state index contributed by atoms with van der Waals surface area (Å²) in [5.74, 6) is 2.65. The van der Waals surface area contributed by atoms with E-state index in [1.807, 2.05) is 266 Å². The van der Waals surface area contributed by atoms with Crippen molar-refractivity contribution in [1.82, 2.24) is 51.0 Å². The van der Waals surface area contributed by atoms with E-state index in [-0.39, 0.29) is 35.3 Å². The number of aromatic nitrogens is 10. The average Bonchev–Trinajstić information content (AvgIpc) is 1.66. The number of anilines is 5. The third-order valence-corrected chi connectivity index (χ3v) is 24.7. The van der Waals surface area contributed by atoms with E-state index in [0.717, 1.165) is 157 Å². The van der Waals surface area contributed by atoms with Gasteiger partial charge < -0.3 is 62.6 Å². The number of carbonyl (C=O) groups excluding carboxylic acids is 5. The smallest absolute Gasteiger partial charge is 0.291 e. The third kappa shape index (κ3) is 18.3. The number of fused-ring (bicyclic) bond motifs is 11. The Morgan fingerprint density at radius 3 is 1.14 bits per heavy atom. The number of nitrogens with zero attached hydrogens (tertiary/aromatic N) is 5. The molecule has 11 N–H and O–H groups in total. The molecule has 13 aromatic heterocycles. The molecule has 0 radical (unpaired) electrons. The van der Waals surface area contributed by atoms with Gasteiger partial charge in [-0.2, -0.15) is 36.8 Å². The van der Waals surface area contributed by atoms with Gasteiger partial charge in [-0.05, 0) is 228 Å². The summed E-state index contributed by atoms with van der Waals surface area (Å²) in [5.41, 5.74) is 20.0. The number of H-pyrrole nitrogens is 5. The van der Waals surface area contributed by atoms with Gasteiger partial charge in [0.05, 0.1) is 52.1 Å². The van der Waals surface area contributed by atoms with E-state index in [4.69, 9.17) is 30.9 Å². The first-order valence-corrected chi connectivity index (χ1v) is 45.5. The average molecular weight is 1850 g/mol. The zero-order valence-corrected chi connectivity index (χ0v) is 74.3. The van der Waals surface area contributed by atoms with E-state index < -0.39 is 12.0 Å². The number of furan rings is 7. The number of aliphatic hydroxyl groups excluding tert-OH is 1. The molecule has 0 saturated heterocycles. The summed E-state index contributed by atoms with van der Waals surface area (Å²) in [7, 11) is 0. The number of aromatic amines is 5. The van der Waals surface area contributed by atoms with Crippen LogP contribution in [0.2, 0.25) is 0 Å². The lowest BCUT2D eigenvalue weighted by molar-refractivity contribution is -0.124. The molecular weight excluding hydrogens is 1770 g/mol. The summed E-state index contributed by atoms with van der Waals surface area (Å²) in [6.45, 7) is 0. The summed E-state index contributed by atoms with van der Waals surface area (Å²) in [4.78, 5) is 62.1. The second-order valence-electron chi connectivity index (χ2n) is 33.2. The second-order valence-corrected chi connectivity index (χ2v) is 33.9. The molecule has 0 aliphatic heterocycles. The minimum Gasteiger partial charge on any atom is -0.472 e. The van der Waals surface area contributed by atoms with Crippen LogP contribution >= 0.6 is 11.3 Å². The topological polar surface area (TPSA) is 401 Å². The molecule has 2 unspecified atom stereocenters. The molecule has 29 heteroatoms. The number of nitrogens with one attached hydrogen (secondary N) is 10. The van der Waals surface area contributed by atoms with Crippen molar-refractivity contribution in [3.63, 3.8) is 0 Å². The molecule has 13 heterocycles. The minimum atomic E-state index is -1.24. The van der Waals surface area contributed by atoms with Gasteiger partial charge in [-0.1, -0.05) is 146 Å². The van der Waals surface area contributed by atoms with Gasteiger partial charge in [-0.3, -0.25) is 49.5 Å². The van der Waals surface area contributed by atoms with Gasteiger partial charge in [0.1, 0.15) is 62.6 Å². The molecule has 0 bridgehead atoms. The lowest BCUT2D eigenvalue weighted by Gasteiger charge is -2.23. The number of carbonyl (C=O) groups is 5. The van der Waals surface area contributed by atoms with Crippen LogP contribution in [0.25, 0.3) is 167 Å².